The van der Waals surface area contributed by atoms with E-state index >= 15 is 0 Å². The molecule has 2 rings (SSSR count). The summed E-state index contributed by atoms with van der Waals surface area (Å²) in [7, 11) is 0. The smallest absolute Gasteiger partial charge is 0.228 e. The van der Waals surface area contributed by atoms with Crippen LogP contribution in [0.25, 0.3) is 0 Å². The SMILES string of the molecule is O=C(Cc1ccc[nH]1)N1CCN(CCO)CC1. The van der Waals surface area contributed by atoms with Gasteiger partial charge in [-0.2, -0.15) is 0 Å². The standard InChI is InChI=1S/C12H19N3O2/c16-9-8-14-4-6-15(7-5-14)12(17)10-11-2-1-3-13-11/h1-3,13,16H,4-10H2. The number of H-pyrrole nitrogens is 1. The number of amides is 1. The summed E-state index contributed by atoms with van der Waals surface area (Å²) in [5, 5.41) is 8.84. The van der Waals surface area contributed by atoms with Crippen molar-refractivity contribution in [2.24, 2.45) is 0 Å². The second-order valence-corrected chi connectivity index (χ2v) is 4.32. The molecule has 0 atom stereocenters. The van der Waals surface area contributed by atoms with Gasteiger partial charge in [-0.15, -0.1) is 0 Å². The molecule has 0 saturated carbocycles. The van der Waals surface area contributed by atoms with Gasteiger partial charge in [0.2, 0.25) is 5.91 Å². The predicted molar refractivity (Wildman–Crippen MR) is 64.6 cm³/mol. The zero-order chi connectivity index (χ0) is 12.1. The van der Waals surface area contributed by atoms with Crippen molar-refractivity contribution in [3.63, 3.8) is 0 Å². The fraction of sp³-hybridized carbons (Fsp3) is 0.583. The van der Waals surface area contributed by atoms with E-state index in [4.69, 9.17) is 5.11 Å². The van der Waals surface area contributed by atoms with Crippen molar-refractivity contribution < 1.29 is 9.90 Å². The summed E-state index contributed by atoms with van der Waals surface area (Å²) in [6.07, 6.45) is 2.29. The van der Waals surface area contributed by atoms with Gasteiger partial charge in [-0.05, 0) is 12.1 Å². The van der Waals surface area contributed by atoms with Crippen LogP contribution in [-0.2, 0) is 11.2 Å². The van der Waals surface area contributed by atoms with Crippen LogP contribution in [0, 0.1) is 0 Å². The number of aliphatic hydroxyl groups is 1. The Hall–Kier alpha value is -1.33. The number of carbonyl (C=O) groups is 1. The molecule has 0 radical (unpaired) electrons. The van der Waals surface area contributed by atoms with E-state index in [1.54, 1.807) is 0 Å². The van der Waals surface area contributed by atoms with Crippen molar-refractivity contribution in [1.82, 2.24) is 14.8 Å². The van der Waals surface area contributed by atoms with E-state index in [9.17, 15) is 4.79 Å². The number of hydrogen-bond acceptors (Lipinski definition) is 3. The molecule has 17 heavy (non-hydrogen) atoms. The Morgan fingerprint density at radius 1 is 1.35 bits per heavy atom. The molecule has 1 aromatic rings. The normalized spacial score (nSPS) is 17.4. The third-order valence-corrected chi connectivity index (χ3v) is 3.15. The summed E-state index contributed by atoms with van der Waals surface area (Å²) >= 11 is 0. The highest BCUT2D eigenvalue weighted by molar-refractivity contribution is 5.78. The van der Waals surface area contributed by atoms with Gasteiger partial charge >= 0.3 is 0 Å². The van der Waals surface area contributed by atoms with Crippen LogP contribution in [0.3, 0.4) is 0 Å². The first-order valence-corrected chi connectivity index (χ1v) is 6.03. The average Bonchev–Trinajstić information content (AvgIpc) is 2.83. The third-order valence-electron chi connectivity index (χ3n) is 3.15. The number of hydrogen-bond donors (Lipinski definition) is 2. The quantitative estimate of drug-likeness (QED) is 0.755. The Morgan fingerprint density at radius 3 is 2.71 bits per heavy atom. The number of nitrogens with one attached hydrogen (secondary N) is 1. The Kier molecular flexibility index (Phi) is 4.17. The van der Waals surface area contributed by atoms with Gasteiger partial charge in [0.05, 0.1) is 13.0 Å². The number of β-amino-alcohol motifs (C(OH)–C–C–N with tert-alkyl or cyclic N) is 1. The van der Waals surface area contributed by atoms with Gasteiger partial charge in [-0.1, -0.05) is 0 Å². The Labute approximate surface area is 101 Å². The lowest BCUT2D eigenvalue weighted by Gasteiger charge is -2.34. The lowest BCUT2D eigenvalue weighted by Crippen LogP contribution is -2.49. The molecule has 2 N–H and O–H groups in total. The summed E-state index contributed by atoms with van der Waals surface area (Å²) < 4.78 is 0. The number of rotatable bonds is 4. The lowest BCUT2D eigenvalue weighted by molar-refractivity contribution is -0.132. The van der Waals surface area contributed by atoms with Crippen molar-refractivity contribution in [1.29, 1.82) is 0 Å². The molecule has 1 fully saturated rings. The monoisotopic (exact) mass is 237 g/mol. The molecule has 5 nitrogen and oxygen atoms in total. The zero-order valence-electron chi connectivity index (χ0n) is 9.93. The van der Waals surface area contributed by atoms with Gasteiger partial charge in [0.1, 0.15) is 0 Å². The first-order valence-electron chi connectivity index (χ1n) is 6.03. The molecular formula is C12H19N3O2. The maximum atomic E-state index is 12.0. The minimum Gasteiger partial charge on any atom is -0.395 e. The third kappa shape index (κ3) is 3.31. The molecule has 1 aliphatic heterocycles. The van der Waals surface area contributed by atoms with Crippen LogP contribution in [-0.4, -0.2) is 65.1 Å². The van der Waals surface area contributed by atoms with Gasteiger partial charge in [0, 0.05) is 44.6 Å². The number of aromatic nitrogens is 1. The second kappa shape index (κ2) is 5.84. The van der Waals surface area contributed by atoms with E-state index in [0.29, 0.717) is 13.0 Å². The summed E-state index contributed by atoms with van der Waals surface area (Å²) in [4.78, 5) is 19.1. The van der Waals surface area contributed by atoms with Gasteiger partial charge < -0.3 is 15.0 Å². The van der Waals surface area contributed by atoms with Crippen LogP contribution in [0.1, 0.15) is 5.69 Å². The van der Waals surface area contributed by atoms with E-state index in [0.717, 1.165) is 31.9 Å². The van der Waals surface area contributed by atoms with Gasteiger partial charge in [0.15, 0.2) is 0 Å². The predicted octanol–water partition coefficient (Wildman–Crippen LogP) is -0.306. The fourth-order valence-corrected chi connectivity index (χ4v) is 2.11. The van der Waals surface area contributed by atoms with Crippen LogP contribution < -0.4 is 0 Å². The molecule has 0 aromatic carbocycles. The largest absolute Gasteiger partial charge is 0.395 e. The van der Waals surface area contributed by atoms with Crippen molar-refractivity contribution in [3.8, 4) is 0 Å². The van der Waals surface area contributed by atoms with Crippen LogP contribution in [0.4, 0.5) is 0 Å². The molecule has 2 heterocycles. The Balaban J connectivity index is 1.78. The van der Waals surface area contributed by atoms with E-state index < -0.39 is 0 Å². The highest BCUT2D eigenvalue weighted by Gasteiger charge is 2.20. The topological polar surface area (TPSA) is 59.6 Å². The zero-order valence-corrected chi connectivity index (χ0v) is 9.93. The minimum atomic E-state index is 0.177. The molecule has 0 spiro atoms. The Morgan fingerprint density at radius 2 is 2.12 bits per heavy atom. The molecule has 0 bridgehead atoms. The maximum Gasteiger partial charge on any atom is 0.228 e. The number of nitrogens with zero attached hydrogens (tertiary/aromatic N) is 2. The van der Waals surface area contributed by atoms with Crippen molar-refractivity contribution >= 4 is 5.91 Å². The van der Waals surface area contributed by atoms with E-state index in [2.05, 4.69) is 9.88 Å². The van der Waals surface area contributed by atoms with E-state index in [1.165, 1.54) is 0 Å². The second-order valence-electron chi connectivity index (χ2n) is 4.32. The molecular weight excluding hydrogens is 218 g/mol. The van der Waals surface area contributed by atoms with E-state index in [1.807, 2.05) is 23.2 Å². The maximum absolute atomic E-state index is 12.0. The van der Waals surface area contributed by atoms with Gasteiger partial charge in [0.25, 0.3) is 0 Å². The summed E-state index contributed by atoms with van der Waals surface area (Å²) in [6.45, 7) is 4.14. The summed E-state index contributed by atoms with van der Waals surface area (Å²) in [5.74, 6) is 0.177. The lowest BCUT2D eigenvalue weighted by atomic mass is 10.2. The molecule has 94 valence electrons. The number of piperazine rings is 1. The van der Waals surface area contributed by atoms with E-state index in [-0.39, 0.29) is 12.5 Å². The number of aliphatic hydroxyl groups excluding tert-OH is 1. The van der Waals surface area contributed by atoms with Crippen LogP contribution in [0.5, 0.6) is 0 Å². The van der Waals surface area contributed by atoms with Gasteiger partial charge in [-0.3, -0.25) is 9.69 Å². The summed E-state index contributed by atoms with van der Waals surface area (Å²) in [5.41, 5.74) is 0.966. The minimum absolute atomic E-state index is 0.177. The molecule has 0 aliphatic carbocycles. The first-order chi connectivity index (χ1) is 8.29. The van der Waals surface area contributed by atoms with Crippen molar-refractivity contribution in [2.75, 3.05) is 39.3 Å². The Bertz CT molecular complexity index is 343. The highest BCUT2D eigenvalue weighted by atomic mass is 16.3. The van der Waals surface area contributed by atoms with Crippen LogP contribution >= 0.6 is 0 Å². The molecule has 5 heteroatoms. The summed E-state index contributed by atoms with van der Waals surface area (Å²) in [6, 6.07) is 3.84. The molecule has 1 amide bonds. The fourth-order valence-electron chi connectivity index (χ4n) is 2.11. The highest BCUT2D eigenvalue weighted by Crippen LogP contribution is 2.05. The van der Waals surface area contributed by atoms with Crippen molar-refractivity contribution in [2.45, 2.75) is 6.42 Å². The molecule has 0 unspecified atom stereocenters. The van der Waals surface area contributed by atoms with Gasteiger partial charge in [-0.25, -0.2) is 0 Å². The molecule has 1 aromatic heterocycles. The van der Waals surface area contributed by atoms with Crippen LogP contribution in [0.15, 0.2) is 18.3 Å². The molecule has 1 aliphatic rings. The van der Waals surface area contributed by atoms with Crippen LogP contribution in [0.2, 0.25) is 0 Å². The van der Waals surface area contributed by atoms with Crippen molar-refractivity contribution in [3.05, 3.63) is 24.0 Å². The average molecular weight is 237 g/mol. The molecule has 1 saturated heterocycles. The number of carbonyl (C=O) groups excluding carboxylic acids is 1. The number of aromatic amines is 1. The first kappa shape index (κ1) is 12.1.